The van der Waals surface area contributed by atoms with Crippen molar-refractivity contribution in [2.45, 2.75) is 71.1 Å². The van der Waals surface area contributed by atoms with Crippen LogP contribution in [0, 0.1) is 17.3 Å². The van der Waals surface area contributed by atoms with Gasteiger partial charge in [0.05, 0.1) is 5.92 Å². The number of hydrogen-bond donors (Lipinski definition) is 1. The van der Waals surface area contributed by atoms with E-state index in [9.17, 15) is 14.7 Å². The molecule has 0 aromatic heterocycles. The van der Waals surface area contributed by atoms with Crippen molar-refractivity contribution in [1.82, 2.24) is 0 Å². The number of carbonyl (C=O) groups is 2. The maximum Gasteiger partial charge on any atom is 0.338 e. The van der Waals surface area contributed by atoms with E-state index in [2.05, 4.69) is 6.58 Å². The summed E-state index contributed by atoms with van der Waals surface area (Å²) < 4.78 is 16.8. The maximum absolute atomic E-state index is 12.8. The van der Waals surface area contributed by atoms with Crippen LogP contribution in [0.25, 0.3) is 0 Å². The first-order valence-corrected chi connectivity index (χ1v) is 8.54. The Hall–Kier alpha value is -1.40. The molecule has 0 radical (unpaired) electrons. The summed E-state index contributed by atoms with van der Waals surface area (Å²) in [5.74, 6) is -0.604. The van der Waals surface area contributed by atoms with Crippen molar-refractivity contribution in [3.63, 3.8) is 0 Å². The number of esters is 2. The quantitative estimate of drug-likeness (QED) is 0.453. The molecular weight excluding hydrogens is 312 g/mol. The lowest BCUT2D eigenvalue weighted by molar-refractivity contribution is -0.210. The highest BCUT2D eigenvalue weighted by Gasteiger charge is 2.69. The zero-order valence-electron chi connectivity index (χ0n) is 14.7. The van der Waals surface area contributed by atoms with Gasteiger partial charge in [-0.05, 0) is 38.7 Å². The zero-order valence-corrected chi connectivity index (χ0v) is 14.7. The Bertz CT molecular complexity index is 586. The summed E-state index contributed by atoms with van der Waals surface area (Å²) in [6.45, 7) is 10.7. The Balaban J connectivity index is 1.74. The molecule has 6 heteroatoms. The molecular formula is C18H26O6. The van der Waals surface area contributed by atoms with E-state index in [1.54, 1.807) is 20.8 Å². The van der Waals surface area contributed by atoms with Gasteiger partial charge in [0.25, 0.3) is 0 Å². The summed E-state index contributed by atoms with van der Waals surface area (Å²) in [6, 6.07) is 0. The maximum atomic E-state index is 12.8. The number of ether oxygens (including phenoxy) is 3. The number of aliphatic hydroxyl groups excluding tert-OH is 1. The van der Waals surface area contributed by atoms with Crippen molar-refractivity contribution in [3.05, 3.63) is 12.2 Å². The highest BCUT2D eigenvalue weighted by atomic mass is 16.7. The van der Waals surface area contributed by atoms with E-state index in [4.69, 9.17) is 14.2 Å². The first kappa shape index (κ1) is 17.4. The number of rotatable bonds is 6. The molecule has 3 rings (SSSR count). The predicted octanol–water partition coefficient (Wildman–Crippen LogP) is 1.95. The van der Waals surface area contributed by atoms with Gasteiger partial charge in [0.1, 0.15) is 12.2 Å². The highest BCUT2D eigenvalue weighted by molar-refractivity contribution is 5.80. The lowest BCUT2D eigenvalue weighted by Gasteiger charge is -2.36. The Labute approximate surface area is 142 Å². The molecule has 0 spiro atoms. The molecule has 0 aromatic rings. The third-order valence-corrected chi connectivity index (χ3v) is 6.00. The van der Waals surface area contributed by atoms with Crippen LogP contribution in [0.4, 0.5) is 0 Å². The molecule has 3 fully saturated rings. The van der Waals surface area contributed by atoms with Gasteiger partial charge in [0, 0.05) is 11.3 Å². The molecule has 2 saturated carbocycles. The van der Waals surface area contributed by atoms with Gasteiger partial charge in [-0.25, -0.2) is 4.79 Å². The van der Waals surface area contributed by atoms with Gasteiger partial charge in [0.2, 0.25) is 0 Å². The molecule has 24 heavy (non-hydrogen) atoms. The van der Waals surface area contributed by atoms with E-state index in [1.807, 2.05) is 6.92 Å². The van der Waals surface area contributed by atoms with Crippen LogP contribution in [-0.2, 0) is 23.8 Å². The van der Waals surface area contributed by atoms with Crippen molar-refractivity contribution in [3.8, 4) is 0 Å². The second kappa shape index (κ2) is 5.56. The summed E-state index contributed by atoms with van der Waals surface area (Å²) in [6.07, 6.45) is -0.151. The van der Waals surface area contributed by atoms with E-state index in [-0.39, 0.29) is 29.3 Å². The summed E-state index contributed by atoms with van der Waals surface area (Å²) in [5, 5.41) is 9.90. The number of aliphatic hydroxyl groups is 1. The first-order chi connectivity index (χ1) is 11.1. The largest absolute Gasteiger partial charge is 0.458 e. The van der Waals surface area contributed by atoms with E-state index in [1.165, 1.54) is 0 Å². The smallest absolute Gasteiger partial charge is 0.338 e. The Morgan fingerprint density at radius 1 is 1.54 bits per heavy atom. The van der Waals surface area contributed by atoms with Crippen molar-refractivity contribution >= 4 is 11.9 Å². The van der Waals surface area contributed by atoms with Crippen LogP contribution in [0.1, 0.15) is 47.0 Å². The topological polar surface area (TPSA) is 82.1 Å². The molecule has 2 bridgehead atoms. The molecule has 3 aliphatic rings. The number of fused-ring (bicyclic) bond motifs is 1. The van der Waals surface area contributed by atoms with E-state index < -0.39 is 24.0 Å². The van der Waals surface area contributed by atoms with Crippen LogP contribution in [0.3, 0.4) is 0 Å². The van der Waals surface area contributed by atoms with Gasteiger partial charge in [-0.3, -0.25) is 4.79 Å². The fourth-order valence-electron chi connectivity index (χ4n) is 4.32. The normalized spacial score (nSPS) is 40.1. The van der Waals surface area contributed by atoms with Gasteiger partial charge in [-0.2, -0.15) is 0 Å². The molecule has 134 valence electrons. The fourth-order valence-corrected chi connectivity index (χ4v) is 4.32. The summed E-state index contributed by atoms with van der Waals surface area (Å²) >= 11 is 0. The van der Waals surface area contributed by atoms with Gasteiger partial charge in [0.15, 0.2) is 11.9 Å². The van der Waals surface area contributed by atoms with Gasteiger partial charge in [-0.15, -0.1) is 0 Å². The Kier molecular flexibility index (Phi) is 4.04. The molecule has 1 heterocycles. The van der Waals surface area contributed by atoms with Crippen LogP contribution in [0.15, 0.2) is 12.2 Å². The standard InChI is InChI=1S/C18H26O6/c1-6-18(5,24-14(19)9(2)3)16(21)23-13-12-10-7-17(13,4)8-11(10)15(20)22-12/h10-14,19H,2,6-8H2,1,3-5H3. The van der Waals surface area contributed by atoms with Gasteiger partial charge >= 0.3 is 11.9 Å². The zero-order chi connectivity index (χ0) is 17.9. The third-order valence-electron chi connectivity index (χ3n) is 6.00. The fraction of sp³-hybridized carbons (Fsp3) is 0.778. The van der Waals surface area contributed by atoms with Crippen molar-refractivity contribution < 1.29 is 28.9 Å². The number of carbonyl (C=O) groups excluding carboxylic acids is 2. The van der Waals surface area contributed by atoms with Crippen LogP contribution in [0.5, 0.6) is 0 Å². The second-order valence-corrected chi connectivity index (χ2v) is 7.96. The highest BCUT2D eigenvalue weighted by Crippen LogP contribution is 2.62. The SMILES string of the molecule is C=C(C)C(O)OC(C)(CC)C(=O)OC1C2OC(=O)C3CC1(C)CC32. The van der Waals surface area contributed by atoms with Crippen molar-refractivity contribution in [2.75, 3.05) is 0 Å². The van der Waals surface area contributed by atoms with E-state index >= 15 is 0 Å². The lowest BCUT2D eigenvalue weighted by atomic mass is 9.79. The molecule has 1 N–H and O–H groups in total. The average molecular weight is 338 g/mol. The molecule has 7 unspecified atom stereocenters. The van der Waals surface area contributed by atoms with Crippen molar-refractivity contribution in [2.24, 2.45) is 17.3 Å². The first-order valence-electron chi connectivity index (χ1n) is 8.54. The summed E-state index contributed by atoms with van der Waals surface area (Å²) in [7, 11) is 0. The molecule has 6 nitrogen and oxygen atoms in total. The molecule has 1 saturated heterocycles. The number of hydrogen-bond acceptors (Lipinski definition) is 6. The molecule has 2 aliphatic carbocycles. The summed E-state index contributed by atoms with van der Waals surface area (Å²) in [4.78, 5) is 24.7. The van der Waals surface area contributed by atoms with E-state index in [0.29, 0.717) is 18.4 Å². The lowest BCUT2D eigenvalue weighted by Crippen LogP contribution is -2.48. The molecule has 7 atom stereocenters. The van der Waals surface area contributed by atoms with Crippen LogP contribution < -0.4 is 0 Å². The average Bonchev–Trinajstić information content (AvgIpc) is 3.06. The molecule has 0 aromatic carbocycles. The van der Waals surface area contributed by atoms with Crippen LogP contribution in [0.2, 0.25) is 0 Å². The third kappa shape index (κ3) is 2.47. The predicted molar refractivity (Wildman–Crippen MR) is 84.7 cm³/mol. The Morgan fingerprint density at radius 2 is 2.21 bits per heavy atom. The van der Waals surface area contributed by atoms with Gasteiger partial charge in [-0.1, -0.05) is 20.4 Å². The van der Waals surface area contributed by atoms with E-state index in [0.717, 1.165) is 6.42 Å². The van der Waals surface area contributed by atoms with Crippen LogP contribution >= 0.6 is 0 Å². The van der Waals surface area contributed by atoms with Gasteiger partial charge < -0.3 is 19.3 Å². The summed E-state index contributed by atoms with van der Waals surface area (Å²) in [5.41, 5.74) is -1.09. The monoisotopic (exact) mass is 338 g/mol. The minimum Gasteiger partial charge on any atom is -0.458 e. The minimum absolute atomic E-state index is 0.0472. The Morgan fingerprint density at radius 3 is 2.79 bits per heavy atom. The molecule has 0 amide bonds. The van der Waals surface area contributed by atoms with Crippen molar-refractivity contribution in [1.29, 1.82) is 0 Å². The minimum atomic E-state index is -1.28. The van der Waals surface area contributed by atoms with Crippen LogP contribution in [-0.4, -0.2) is 41.1 Å². The molecule has 1 aliphatic heterocycles. The second-order valence-electron chi connectivity index (χ2n) is 7.96.